The lowest BCUT2D eigenvalue weighted by Gasteiger charge is -2.13. The summed E-state index contributed by atoms with van der Waals surface area (Å²) in [5.41, 5.74) is 0.806. The summed E-state index contributed by atoms with van der Waals surface area (Å²) in [6, 6.07) is 11.0. The molecular weight excluding hydrogens is 399 g/mol. The number of nitrogens with zero attached hydrogens (tertiary/aromatic N) is 1. The SMILES string of the molecule is CC(NC(=O)c1cc2c(NC(=O)c3cccs3)[nH]nc2s1)c1ccc(F)cc1. The Morgan fingerprint density at radius 1 is 1.14 bits per heavy atom. The third-order valence-electron chi connectivity index (χ3n) is 4.18. The van der Waals surface area contributed by atoms with E-state index in [0.29, 0.717) is 25.8 Å². The highest BCUT2D eigenvalue weighted by Crippen LogP contribution is 2.30. The molecule has 0 aliphatic rings. The summed E-state index contributed by atoms with van der Waals surface area (Å²) in [6.07, 6.45) is 0. The second-order valence-corrected chi connectivity index (χ2v) is 8.08. The van der Waals surface area contributed by atoms with Crippen molar-refractivity contribution in [3.8, 4) is 0 Å². The number of carbonyl (C=O) groups is 2. The molecule has 1 unspecified atom stereocenters. The number of hydrogen-bond donors (Lipinski definition) is 3. The van der Waals surface area contributed by atoms with Gasteiger partial charge in [0.05, 0.1) is 21.2 Å². The number of hydrogen-bond acceptors (Lipinski definition) is 5. The van der Waals surface area contributed by atoms with E-state index in [2.05, 4.69) is 20.8 Å². The lowest BCUT2D eigenvalue weighted by Crippen LogP contribution is -2.25. The number of amides is 2. The molecule has 0 bridgehead atoms. The van der Waals surface area contributed by atoms with Crippen LogP contribution in [0.2, 0.25) is 0 Å². The number of fused-ring (bicyclic) bond motifs is 1. The van der Waals surface area contributed by atoms with E-state index < -0.39 is 0 Å². The van der Waals surface area contributed by atoms with E-state index in [4.69, 9.17) is 0 Å². The first-order chi connectivity index (χ1) is 13.5. The predicted molar refractivity (Wildman–Crippen MR) is 109 cm³/mol. The Morgan fingerprint density at radius 3 is 2.64 bits per heavy atom. The molecule has 0 aliphatic carbocycles. The van der Waals surface area contributed by atoms with Gasteiger partial charge in [0.2, 0.25) is 0 Å². The van der Waals surface area contributed by atoms with Crippen LogP contribution in [0.3, 0.4) is 0 Å². The molecule has 0 fully saturated rings. The summed E-state index contributed by atoms with van der Waals surface area (Å²) >= 11 is 2.57. The molecule has 0 spiro atoms. The number of aromatic nitrogens is 2. The lowest BCUT2D eigenvalue weighted by atomic mass is 10.1. The molecule has 3 heterocycles. The zero-order chi connectivity index (χ0) is 19.7. The summed E-state index contributed by atoms with van der Waals surface area (Å²) in [6.45, 7) is 1.83. The molecule has 3 N–H and O–H groups in total. The van der Waals surface area contributed by atoms with E-state index in [9.17, 15) is 14.0 Å². The highest BCUT2D eigenvalue weighted by molar-refractivity contribution is 7.20. The number of aromatic amines is 1. The first-order valence-electron chi connectivity index (χ1n) is 8.40. The molecule has 4 rings (SSSR count). The predicted octanol–water partition coefficient (Wildman–Crippen LogP) is 4.57. The number of thiophene rings is 2. The minimum absolute atomic E-state index is 0.234. The van der Waals surface area contributed by atoms with Gasteiger partial charge in [0, 0.05) is 0 Å². The molecular formula is C19H15FN4O2S2. The number of nitrogens with one attached hydrogen (secondary N) is 3. The van der Waals surface area contributed by atoms with Crippen molar-refractivity contribution in [1.29, 1.82) is 0 Å². The molecule has 0 radical (unpaired) electrons. The van der Waals surface area contributed by atoms with Crippen LogP contribution < -0.4 is 10.6 Å². The van der Waals surface area contributed by atoms with Crippen LogP contribution in [0.25, 0.3) is 10.2 Å². The van der Waals surface area contributed by atoms with Gasteiger partial charge in [-0.05, 0) is 42.1 Å². The molecule has 0 saturated heterocycles. The Labute approximate surface area is 167 Å². The molecule has 2 amide bonds. The topological polar surface area (TPSA) is 86.9 Å². The van der Waals surface area contributed by atoms with Gasteiger partial charge in [-0.15, -0.1) is 22.7 Å². The van der Waals surface area contributed by atoms with Crippen molar-refractivity contribution in [3.63, 3.8) is 0 Å². The Morgan fingerprint density at radius 2 is 1.93 bits per heavy atom. The van der Waals surface area contributed by atoms with E-state index in [-0.39, 0.29) is 23.7 Å². The Bertz CT molecular complexity index is 1130. The highest BCUT2D eigenvalue weighted by Gasteiger charge is 2.18. The molecule has 1 aromatic carbocycles. The number of carbonyl (C=O) groups excluding carboxylic acids is 2. The maximum atomic E-state index is 13.1. The highest BCUT2D eigenvalue weighted by atomic mass is 32.1. The fourth-order valence-electron chi connectivity index (χ4n) is 2.70. The minimum Gasteiger partial charge on any atom is -0.345 e. The van der Waals surface area contributed by atoms with Crippen molar-refractivity contribution in [2.24, 2.45) is 0 Å². The summed E-state index contributed by atoms with van der Waals surface area (Å²) in [5.74, 6) is -0.355. The van der Waals surface area contributed by atoms with Gasteiger partial charge in [-0.3, -0.25) is 14.7 Å². The zero-order valence-electron chi connectivity index (χ0n) is 14.7. The van der Waals surface area contributed by atoms with Crippen molar-refractivity contribution in [1.82, 2.24) is 15.5 Å². The van der Waals surface area contributed by atoms with E-state index >= 15 is 0 Å². The molecule has 142 valence electrons. The fraction of sp³-hybridized carbons (Fsp3) is 0.105. The molecule has 0 aliphatic heterocycles. The molecule has 1 atom stereocenters. The summed E-state index contributed by atoms with van der Waals surface area (Å²) in [4.78, 5) is 26.5. The standard InChI is InChI=1S/C19H15FN4O2S2/c1-10(11-4-6-12(20)7-5-11)21-18(26)15-9-13-16(23-24-19(13)28-15)22-17(25)14-3-2-8-27-14/h2-10H,1H3,(H,21,26)(H2,22,23,24,25). The van der Waals surface area contributed by atoms with Gasteiger partial charge in [-0.2, -0.15) is 5.10 Å². The number of rotatable bonds is 5. The van der Waals surface area contributed by atoms with Crippen LogP contribution in [0.5, 0.6) is 0 Å². The van der Waals surface area contributed by atoms with Crippen LogP contribution in [-0.2, 0) is 0 Å². The lowest BCUT2D eigenvalue weighted by molar-refractivity contribution is 0.0943. The van der Waals surface area contributed by atoms with Crippen molar-refractivity contribution >= 4 is 50.5 Å². The molecule has 3 aromatic heterocycles. The molecule has 4 aromatic rings. The maximum Gasteiger partial charge on any atom is 0.266 e. The second-order valence-electron chi connectivity index (χ2n) is 6.11. The number of halogens is 1. The first kappa shape index (κ1) is 18.3. The summed E-state index contributed by atoms with van der Waals surface area (Å²) in [5, 5.41) is 15.1. The van der Waals surface area contributed by atoms with Crippen LogP contribution in [-0.4, -0.2) is 22.0 Å². The van der Waals surface area contributed by atoms with Crippen molar-refractivity contribution < 1.29 is 14.0 Å². The normalized spacial score (nSPS) is 12.1. The van der Waals surface area contributed by atoms with E-state index in [1.807, 2.05) is 12.3 Å². The van der Waals surface area contributed by atoms with Gasteiger partial charge in [0.1, 0.15) is 16.5 Å². The van der Waals surface area contributed by atoms with E-state index in [1.54, 1.807) is 30.3 Å². The third-order valence-corrected chi connectivity index (χ3v) is 6.07. The molecule has 9 heteroatoms. The van der Waals surface area contributed by atoms with Crippen LogP contribution in [0.15, 0.2) is 47.8 Å². The van der Waals surface area contributed by atoms with Crippen molar-refractivity contribution in [3.05, 3.63) is 69.0 Å². The van der Waals surface area contributed by atoms with Crippen molar-refractivity contribution in [2.45, 2.75) is 13.0 Å². The zero-order valence-corrected chi connectivity index (χ0v) is 16.3. The number of benzene rings is 1. The first-order valence-corrected chi connectivity index (χ1v) is 10.1. The maximum absolute atomic E-state index is 13.1. The van der Waals surface area contributed by atoms with Crippen LogP contribution in [0, 0.1) is 5.82 Å². The summed E-state index contributed by atoms with van der Waals surface area (Å²) in [7, 11) is 0. The Balaban J connectivity index is 1.50. The van der Waals surface area contributed by atoms with Gasteiger partial charge >= 0.3 is 0 Å². The van der Waals surface area contributed by atoms with E-state index in [0.717, 1.165) is 5.56 Å². The van der Waals surface area contributed by atoms with Crippen molar-refractivity contribution in [2.75, 3.05) is 5.32 Å². The van der Waals surface area contributed by atoms with Gasteiger partial charge in [0.25, 0.3) is 11.8 Å². The van der Waals surface area contributed by atoms with Crippen LogP contribution in [0.4, 0.5) is 10.2 Å². The third kappa shape index (κ3) is 3.67. The average molecular weight is 414 g/mol. The molecule has 6 nitrogen and oxygen atoms in total. The number of H-pyrrole nitrogens is 1. The minimum atomic E-state index is -0.321. The second kappa shape index (κ2) is 7.53. The fourth-order valence-corrected chi connectivity index (χ4v) is 4.22. The largest absolute Gasteiger partial charge is 0.345 e. The average Bonchev–Trinajstić information content (AvgIpc) is 3.40. The van der Waals surface area contributed by atoms with Crippen LogP contribution >= 0.6 is 22.7 Å². The quantitative estimate of drug-likeness (QED) is 0.447. The van der Waals surface area contributed by atoms with Gasteiger partial charge in [0.15, 0.2) is 0 Å². The molecule has 28 heavy (non-hydrogen) atoms. The smallest absolute Gasteiger partial charge is 0.266 e. The monoisotopic (exact) mass is 414 g/mol. The van der Waals surface area contributed by atoms with Crippen LogP contribution in [0.1, 0.15) is 37.9 Å². The van der Waals surface area contributed by atoms with Gasteiger partial charge in [-0.25, -0.2) is 4.39 Å². The Kier molecular flexibility index (Phi) is 4.93. The Hall–Kier alpha value is -3.04. The molecule has 0 saturated carbocycles. The number of anilines is 1. The van der Waals surface area contributed by atoms with E-state index in [1.165, 1.54) is 34.8 Å². The summed E-state index contributed by atoms with van der Waals surface area (Å²) < 4.78 is 13.1. The van der Waals surface area contributed by atoms with Gasteiger partial charge in [-0.1, -0.05) is 18.2 Å². The van der Waals surface area contributed by atoms with Gasteiger partial charge < -0.3 is 10.6 Å².